The molecule has 1 heterocycles. The Kier molecular flexibility index (Phi) is 3.06. The Morgan fingerprint density at radius 1 is 1.39 bits per heavy atom. The number of amides is 1. The van der Waals surface area contributed by atoms with Crippen molar-refractivity contribution in [2.24, 2.45) is 0 Å². The van der Waals surface area contributed by atoms with Gasteiger partial charge in [-0.2, -0.15) is 4.37 Å². The van der Waals surface area contributed by atoms with Gasteiger partial charge in [0, 0.05) is 16.1 Å². The van der Waals surface area contributed by atoms with Gasteiger partial charge in [-0.3, -0.25) is 4.79 Å². The third-order valence-corrected chi connectivity index (χ3v) is 4.10. The van der Waals surface area contributed by atoms with Crippen molar-refractivity contribution in [3.05, 3.63) is 46.1 Å². The van der Waals surface area contributed by atoms with Crippen molar-refractivity contribution in [1.82, 2.24) is 4.37 Å². The number of aromatic nitrogens is 1. The van der Waals surface area contributed by atoms with Crippen LogP contribution >= 0.6 is 23.1 Å². The van der Waals surface area contributed by atoms with Gasteiger partial charge in [-0.15, -0.1) is 0 Å². The number of rotatable bonds is 2. The minimum absolute atomic E-state index is 0.129. The van der Waals surface area contributed by atoms with Gasteiger partial charge >= 0.3 is 0 Å². The number of carbonyl (C=O) groups is 1. The Labute approximate surface area is 114 Å². The molecule has 3 nitrogen and oxygen atoms in total. The molecule has 0 spiro atoms. The maximum absolute atomic E-state index is 12.1. The predicted molar refractivity (Wildman–Crippen MR) is 73.5 cm³/mol. The number of fused-ring (bicyclic) bond motifs is 1. The number of anilines is 1. The van der Waals surface area contributed by atoms with E-state index in [9.17, 15) is 4.79 Å². The van der Waals surface area contributed by atoms with Crippen LogP contribution in [0.25, 0.3) is 0 Å². The number of nitrogens with zero attached hydrogens (tertiary/aromatic N) is 1. The molecule has 92 valence electrons. The molecule has 1 aromatic carbocycles. The zero-order valence-corrected chi connectivity index (χ0v) is 11.1. The highest BCUT2D eigenvalue weighted by molar-refractivity contribution is 7.10. The average Bonchev–Trinajstić information content (AvgIpc) is 2.94. The van der Waals surface area contributed by atoms with Crippen LogP contribution in [0, 0.1) is 0 Å². The molecule has 0 saturated carbocycles. The summed E-state index contributed by atoms with van der Waals surface area (Å²) in [5, 5.41) is 4.37. The first-order chi connectivity index (χ1) is 8.74. The lowest BCUT2D eigenvalue weighted by Crippen LogP contribution is -2.11. The second kappa shape index (κ2) is 4.71. The third kappa shape index (κ3) is 2.13. The van der Waals surface area contributed by atoms with E-state index in [0.717, 1.165) is 30.0 Å². The number of benzene rings is 1. The average molecular weight is 279 g/mol. The molecule has 0 saturated heterocycles. The van der Waals surface area contributed by atoms with Gasteiger partial charge in [-0.05, 0) is 49.0 Å². The molecule has 1 aliphatic rings. The van der Waals surface area contributed by atoms with Crippen molar-refractivity contribution in [2.75, 3.05) is 5.32 Å². The van der Waals surface area contributed by atoms with Crippen molar-refractivity contribution in [3.8, 4) is 0 Å². The summed E-state index contributed by atoms with van der Waals surface area (Å²) in [5.74, 6) is -0.129. The number of hydrogen-bond donors (Lipinski definition) is 1. The van der Waals surface area contributed by atoms with E-state index in [1.807, 2.05) is 0 Å². The summed E-state index contributed by atoms with van der Waals surface area (Å²) in [6, 6.07) is 6.94. The van der Waals surface area contributed by atoms with E-state index in [1.165, 1.54) is 17.1 Å². The van der Waals surface area contributed by atoms with Crippen LogP contribution < -0.4 is 5.32 Å². The molecular weight excluding hydrogens is 268 g/mol. The van der Waals surface area contributed by atoms with Gasteiger partial charge in [0.15, 0.2) is 0 Å². The van der Waals surface area contributed by atoms with Crippen LogP contribution in [0.2, 0.25) is 5.02 Å². The fourth-order valence-electron chi connectivity index (χ4n) is 2.13. The summed E-state index contributed by atoms with van der Waals surface area (Å²) in [6.45, 7) is 0. The van der Waals surface area contributed by atoms with E-state index < -0.39 is 0 Å². The van der Waals surface area contributed by atoms with Crippen molar-refractivity contribution in [2.45, 2.75) is 19.3 Å². The zero-order valence-electron chi connectivity index (χ0n) is 9.57. The first kappa shape index (κ1) is 11.7. The number of aryl methyl sites for hydroxylation is 1. The van der Waals surface area contributed by atoms with Crippen LogP contribution in [-0.4, -0.2) is 10.3 Å². The lowest BCUT2D eigenvalue weighted by molar-refractivity contribution is 0.102. The Bertz CT molecular complexity index is 609. The SMILES string of the molecule is O=C(Nc1snc2c1CCC2)c1cccc(Cl)c1. The second-order valence-corrected chi connectivity index (χ2v) is 5.46. The molecule has 5 heteroatoms. The van der Waals surface area contributed by atoms with Crippen molar-refractivity contribution in [1.29, 1.82) is 0 Å². The Hall–Kier alpha value is -1.39. The highest BCUT2D eigenvalue weighted by atomic mass is 35.5. The lowest BCUT2D eigenvalue weighted by atomic mass is 10.2. The molecule has 3 rings (SSSR count). The van der Waals surface area contributed by atoms with Crippen LogP contribution in [0.1, 0.15) is 28.0 Å². The Morgan fingerprint density at radius 2 is 2.28 bits per heavy atom. The van der Waals surface area contributed by atoms with Crippen LogP contribution in [0.3, 0.4) is 0 Å². The zero-order chi connectivity index (χ0) is 12.5. The number of carbonyl (C=O) groups excluding carboxylic acids is 1. The van der Waals surface area contributed by atoms with Crippen molar-refractivity contribution in [3.63, 3.8) is 0 Å². The van der Waals surface area contributed by atoms with E-state index in [4.69, 9.17) is 11.6 Å². The summed E-state index contributed by atoms with van der Waals surface area (Å²) < 4.78 is 4.36. The molecule has 1 aromatic heterocycles. The highest BCUT2D eigenvalue weighted by Gasteiger charge is 2.20. The van der Waals surface area contributed by atoms with E-state index in [-0.39, 0.29) is 5.91 Å². The third-order valence-electron chi connectivity index (χ3n) is 3.02. The largest absolute Gasteiger partial charge is 0.312 e. The van der Waals surface area contributed by atoms with Crippen LogP contribution in [0.5, 0.6) is 0 Å². The van der Waals surface area contributed by atoms with Crippen LogP contribution in [0.4, 0.5) is 5.00 Å². The first-order valence-corrected chi connectivity index (χ1v) is 6.93. The van der Waals surface area contributed by atoms with Gasteiger partial charge in [0.1, 0.15) is 5.00 Å². The first-order valence-electron chi connectivity index (χ1n) is 5.78. The normalized spacial score (nSPS) is 13.4. The summed E-state index contributed by atoms with van der Waals surface area (Å²) in [6.07, 6.45) is 3.17. The minimum atomic E-state index is -0.129. The quantitative estimate of drug-likeness (QED) is 0.913. The maximum Gasteiger partial charge on any atom is 0.256 e. The van der Waals surface area contributed by atoms with Crippen LogP contribution in [0.15, 0.2) is 24.3 Å². The van der Waals surface area contributed by atoms with E-state index in [0.29, 0.717) is 10.6 Å². The van der Waals surface area contributed by atoms with Gasteiger partial charge < -0.3 is 5.32 Å². The van der Waals surface area contributed by atoms with Crippen LogP contribution in [-0.2, 0) is 12.8 Å². The molecule has 0 aliphatic heterocycles. The molecular formula is C13H11ClN2OS. The Morgan fingerprint density at radius 3 is 3.11 bits per heavy atom. The monoisotopic (exact) mass is 278 g/mol. The summed E-state index contributed by atoms with van der Waals surface area (Å²) in [4.78, 5) is 12.1. The summed E-state index contributed by atoms with van der Waals surface area (Å²) >= 11 is 7.24. The van der Waals surface area contributed by atoms with Crippen molar-refractivity contribution < 1.29 is 4.79 Å². The fraction of sp³-hybridized carbons (Fsp3) is 0.231. The molecule has 1 N–H and O–H groups in total. The standard InChI is InChI=1S/C13H11ClN2OS/c14-9-4-1-3-8(7-9)12(17)15-13-10-5-2-6-11(10)16-18-13/h1,3-4,7H,2,5-6H2,(H,15,17). The number of halogens is 1. The predicted octanol–water partition coefficient (Wildman–Crippen LogP) is 3.54. The topological polar surface area (TPSA) is 42.0 Å². The number of nitrogens with one attached hydrogen (secondary N) is 1. The number of hydrogen-bond acceptors (Lipinski definition) is 3. The maximum atomic E-state index is 12.1. The molecule has 1 aliphatic carbocycles. The molecule has 0 unspecified atom stereocenters. The van der Waals surface area contributed by atoms with Gasteiger partial charge in [-0.25, -0.2) is 0 Å². The molecule has 1 amide bonds. The Balaban J connectivity index is 1.82. The van der Waals surface area contributed by atoms with E-state index in [2.05, 4.69) is 9.69 Å². The van der Waals surface area contributed by atoms with Gasteiger partial charge in [0.05, 0.1) is 5.69 Å². The molecule has 0 fully saturated rings. The molecule has 0 atom stereocenters. The van der Waals surface area contributed by atoms with E-state index >= 15 is 0 Å². The summed E-state index contributed by atoms with van der Waals surface area (Å²) in [7, 11) is 0. The lowest BCUT2D eigenvalue weighted by Gasteiger charge is -2.04. The minimum Gasteiger partial charge on any atom is -0.312 e. The smallest absolute Gasteiger partial charge is 0.256 e. The van der Waals surface area contributed by atoms with E-state index in [1.54, 1.807) is 24.3 Å². The second-order valence-electron chi connectivity index (χ2n) is 4.25. The van der Waals surface area contributed by atoms with Crippen molar-refractivity contribution >= 4 is 34.0 Å². The van der Waals surface area contributed by atoms with Gasteiger partial charge in [0.2, 0.25) is 0 Å². The molecule has 2 aromatic rings. The van der Waals surface area contributed by atoms with Gasteiger partial charge in [-0.1, -0.05) is 17.7 Å². The van der Waals surface area contributed by atoms with Gasteiger partial charge in [0.25, 0.3) is 5.91 Å². The highest BCUT2D eigenvalue weighted by Crippen LogP contribution is 2.32. The summed E-state index contributed by atoms with van der Waals surface area (Å²) in [5.41, 5.74) is 2.92. The molecule has 18 heavy (non-hydrogen) atoms. The molecule has 0 bridgehead atoms. The molecule has 0 radical (unpaired) electrons. The fourth-order valence-corrected chi connectivity index (χ4v) is 3.19.